The van der Waals surface area contributed by atoms with Gasteiger partial charge in [-0.25, -0.2) is 0 Å². The van der Waals surface area contributed by atoms with Gasteiger partial charge in [0.25, 0.3) is 0 Å². The van der Waals surface area contributed by atoms with E-state index < -0.39 is 0 Å². The molecule has 0 atom stereocenters. The van der Waals surface area contributed by atoms with Gasteiger partial charge in [-0.2, -0.15) is 0 Å². The molecule has 0 fully saturated rings. The number of aromatic nitrogens is 1. The number of fused-ring (bicyclic) bond motifs is 7. The SMILES string of the molecule is Cc1ccccc1-n1c2ccccc2c2cc(N(c3cccc(-c4cccc5c4oc4ccccc45)c3)c3ccc4ccccc4c3)ccc21. The second-order valence-corrected chi connectivity index (χ2v) is 13.0. The highest BCUT2D eigenvalue weighted by Crippen LogP contribution is 2.43. The molecular weight excluding hydrogens is 609 g/mol. The normalized spacial score (nSPS) is 11.7. The Morgan fingerprint density at radius 2 is 1.14 bits per heavy atom. The summed E-state index contributed by atoms with van der Waals surface area (Å²) in [7, 11) is 0. The van der Waals surface area contributed by atoms with Crippen molar-refractivity contribution in [3.05, 3.63) is 181 Å². The van der Waals surface area contributed by atoms with E-state index in [0.717, 1.165) is 50.1 Å². The summed E-state index contributed by atoms with van der Waals surface area (Å²) in [4.78, 5) is 2.38. The van der Waals surface area contributed by atoms with Crippen LogP contribution in [0, 0.1) is 6.92 Å². The van der Waals surface area contributed by atoms with Crippen molar-refractivity contribution in [2.24, 2.45) is 0 Å². The molecule has 0 aliphatic carbocycles. The van der Waals surface area contributed by atoms with E-state index in [-0.39, 0.29) is 0 Å². The van der Waals surface area contributed by atoms with Crippen molar-refractivity contribution < 1.29 is 4.42 Å². The first kappa shape index (κ1) is 28.4. The molecular formula is C47H32N2O. The van der Waals surface area contributed by atoms with Crippen molar-refractivity contribution in [1.29, 1.82) is 0 Å². The maximum Gasteiger partial charge on any atom is 0.143 e. The Labute approximate surface area is 289 Å². The van der Waals surface area contributed by atoms with Gasteiger partial charge in [-0.15, -0.1) is 0 Å². The van der Waals surface area contributed by atoms with Gasteiger partial charge in [-0.1, -0.05) is 115 Å². The van der Waals surface area contributed by atoms with Crippen LogP contribution in [0.3, 0.4) is 0 Å². The van der Waals surface area contributed by atoms with Gasteiger partial charge in [0.2, 0.25) is 0 Å². The number of nitrogens with zero attached hydrogens (tertiary/aromatic N) is 2. The first-order chi connectivity index (χ1) is 24.7. The van der Waals surface area contributed by atoms with Gasteiger partial charge in [-0.3, -0.25) is 0 Å². The van der Waals surface area contributed by atoms with Crippen LogP contribution in [-0.2, 0) is 0 Å². The Morgan fingerprint density at radius 3 is 2.06 bits per heavy atom. The van der Waals surface area contributed by atoms with Gasteiger partial charge in [0, 0.05) is 49.9 Å². The largest absolute Gasteiger partial charge is 0.455 e. The molecule has 10 aromatic rings. The topological polar surface area (TPSA) is 21.3 Å². The van der Waals surface area contributed by atoms with Crippen LogP contribution in [0.25, 0.3) is 71.3 Å². The highest BCUT2D eigenvalue weighted by atomic mass is 16.3. The standard InChI is InChI=1S/C47H32N2O/c1-31-12-2-7-21-43(31)49-44-22-8-5-17-39(44)42-30-37(26-27-45(42)49)48(36-25-24-32-13-3-4-14-33(32)28-36)35-16-10-15-34(29-35)38-19-11-20-41-40-18-6-9-23-46(40)50-47(38)41/h2-30H,1H3. The van der Waals surface area contributed by atoms with Gasteiger partial charge < -0.3 is 13.9 Å². The lowest BCUT2D eigenvalue weighted by Crippen LogP contribution is -2.10. The molecule has 0 amide bonds. The summed E-state index contributed by atoms with van der Waals surface area (Å²) in [5.74, 6) is 0. The zero-order chi connectivity index (χ0) is 33.2. The van der Waals surface area contributed by atoms with Crippen molar-refractivity contribution >= 4 is 71.6 Å². The molecule has 2 aromatic heterocycles. The second kappa shape index (κ2) is 11.3. The van der Waals surface area contributed by atoms with E-state index in [1.165, 1.54) is 43.8 Å². The van der Waals surface area contributed by atoms with E-state index in [2.05, 4.69) is 180 Å². The zero-order valence-corrected chi connectivity index (χ0v) is 27.5. The Balaban J connectivity index is 1.20. The molecule has 3 nitrogen and oxygen atoms in total. The molecule has 0 aliphatic rings. The maximum atomic E-state index is 6.48. The molecule has 0 N–H and O–H groups in total. The quantitative estimate of drug-likeness (QED) is 0.187. The number of para-hydroxylation sites is 4. The number of rotatable bonds is 5. The molecule has 0 saturated carbocycles. The summed E-state index contributed by atoms with van der Waals surface area (Å²) >= 11 is 0. The smallest absolute Gasteiger partial charge is 0.143 e. The van der Waals surface area contributed by atoms with Crippen LogP contribution in [0.15, 0.2) is 180 Å². The van der Waals surface area contributed by atoms with E-state index >= 15 is 0 Å². The lowest BCUT2D eigenvalue weighted by Gasteiger charge is -2.26. The third-order valence-corrected chi connectivity index (χ3v) is 10.1. The molecule has 0 unspecified atom stereocenters. The van der Waals surface area contributed by atoms with Crippen molar-refractivity contribution in [1.82, 2.24) is 4.57 Å². The predicted molar refractivity (Wildman–Crippen MR) is 210 cm³/mol. The Hall–Kier alpha value is -6.58. The van der Waals surface area contributed by atoms with Crippen LogP contribution in [-0.4, -0.2) is 4.57 Å². The minimum Gasteiger partial charge on any atom is -0.455 e. The number of furan rings is 1. The average Bonchev–Trinajstić information content (AvgIpc) is 3.71. The number of anilines is 3. The van der Waals surface area contributed by atoms with E-state index in [0.29, 0.717) is 0 Å². The highest BCUT2D eigenvalue weighted by Gasteiger charge is 2.19. The van der Waals surface area contributed by atoms with E-state index in [9.17, 15) is 0 Å². The molecule has 2 heterocycles. The van der Waals surface area contributed by atoms with Crippen molar-refractivity contribution in [2.75, 3.05) is 4.90 Å². The molecule has 10 rings (SSSR count). The third-order valence-electron chi connectivity index (χ3n) is 10.1. The molecule has 0 radical (unpaired) electrons. The van der Waals surface area contributed by atoms with Crippen LogP contribution in [0.4, 0.5) is 17.1 Å². The van der Waals surface area contributed by atoms with E-state index in [4.69, 9.17) is 4.42 Å². The van der Waals surface area contributed by atoms with Gasteiger partial charge >= 0.3 is 0 Å². The minimum absolute atomic E-state index is 0.905. The summed E-state index contributed by atoms with van der Waals surface area (Å²) in [6, 6.07) is 63.1. The number of hydrogen-bond donors (Lipinski definition) is 0. The van der Waals surface area contributed by atoms with Crippen LogP contribution in [0.5, 0.6) is 0 Å². The summed E-state index contributed by atoms with van der Waals surface area (Å²) in [5.41, 5.74) is 12.1. The van der Waals surface area contributed by atoms with Crippen LogP contribution in [0.1, 0.15) is 5.56 Å². The van der Waals surface area contributed by atoms with E-state index in [1.807, 2.05) is 12.1 Å². The summed E-state index contributed by atoms with van der Waals surface area (Å²) < 4.78 is 8.88. The molecule has 0 bridgehead atoms. The lowest BCUT2D eigenvalue weighted by atomic mass is 10.0. The number of benzene rings is 8. The van der Waals surface area contributed by atoms with Crippen LogP contribution >= 0.6 is 0 Å². The monoisotopic (exact) mass is 640 g/mol. The second-order valence-electron chi connectivity index (χ2n) is 13.0. The molecule has 0 aliphatic heterocycles. The van der Waals surface area contributed by atoms with E-state index in [1.54, 1.807) is 0 Å². The Kier molecular flexibility index (Phi) is 6.40. The average molecular weight is 641 g/mol. The van der Waals surface area contributed by atoms with Crippen LogP contribution in [0.2, 0.25) is 0 Å². The van der Waals surface area contributed by atoms with Crippen molar-refractivity contribution in [2.45, 2.75) is 6.92 Å². The molecule has 8 aromatic carbocycles. The van der Waals surface area contributed by atoms with Gasteiger partial charge in [0.15, 0.2) is 0 Å². The van der Waals surface area contributed by atoms with Gasteiger partial charge in [0.05, 0.1) is 11.0 Å². The van der Waals surface area contributed by atoms with Gasteiger partial charge in [0.1, 0.15) is 11.2 Å². The number of aryl methyl sites for hydroxylation is 1. The first-order valence-electron chi connectivity index (χ1n) is 17.1. The zero-order valence-electron chi connectivity index (χ0n) is 27.5. The highest BCUT2D eigenvalue weighted by molar-refractivity contribution is 6.11. The molecule has 0 spiro atoms. The van der Waals surface area contributed by atoms with Crippen LogP contribution < -0.4 is 4.90 Å². The summed E-state index contributed by atoms with van der Waals surface area (Å²) in [6.45, 7) is 2.19. The molecule has 3 heteroatoms. The van der Waals surface area contributed by atoms with Crippen molar-refractivity contribution in [3.63, 3.8) is 0 Å². The predicted octanol–water partition coefficient (Wildman–Crippen LogP) is 13.3. The molecule has 0 saturated heterocycles. The number of hydrogen-bond acceptors (Lipinski definition) is 2. The maximum absolute atomic E-state index is 6.48. The fraction of sp³-hybridized carbons (Fsp3) is 0.0213. The third kappa shape index (κ3) is 4.44. The first-order valence-corrected chi connectivity index (χ1v) is 17.1. The molecule has 50 heavy (non-hydrogen) atoms. The van der Waals surface area contributed by atoms with Crippen molar-refractivity contribution in [3.8, 4) is 16.8 Å². The van der Waals surface area contributed by atoms with Gasteiger partial charge in [-0.05, 0) is 89.5 Å². The fourth-order valence-corrected chi connectivity index (χ4v) is 7.72. The molecule has 236 valence electrons. The lowest BCUT2D eigenvalue weighted by molar-refractivity contribution is 0.670. The summed E-state index contributed by atoms with van der Waals surface area (Å²) in [6.07, 6.45) is 0. The minimum atomic E-state index is 0.905. The fourth-order valence-electron chi connectivity index (χ4n) is 7.72. The summed E-state index contributed by atoms with van der Waals surface area (Å²) in [5, 5.41) is 7.14. The Morgan fingerprint density at radius 1 is 0.460 bits per heavy atom. The Bertz CT molecular complexity index is 2910.